The molecule has 0 spiro atoms. The highest BCUT2D eigenvalue weighted by Crippen LogP contribution is 2.10. The van der Waals surface area contributed by atoms with E-state index in [1.165, 1.54) is 0 Å². The standard InChI is InChI=1S/C17H28N4O2/c1-14-12-21(13-15(2)23-14)10-6-17(22)20-9-4-8-19-16-5-3-7-18-11-16/h3,5,7,11,14-15,19H,4,6,8-10,12-13H2,1-2H3,(H,20,22)/t14-,15+. The summed E-state index contributed by atoms with van der Waals surface area (Å²) >= 11 is 0. The van der Waals surface area contributed by atoms with E-state index in [2.05, 4.69) is 34.4 Å². The molecular weight excluding hydrogens is 292 g/mol. The molecule has 128 valence electrons. The van der Waals surface area contributed by atoms with Gasteiger partial charge in [-0.2, -0.15) is 0 Å². The highest BCUT2D eigenvalue weighted by Gasteiger charge is 2.22. The fraction of sp³-hybridized carbons (Fsp3) is 0.647. The topological polar surface area (TPSA) is 66.5 Å². The molecule has 2 heterocycles. The predicted molar refractivity (Wildman–Crippen MR) is 91.4 cm³/mol. The largest absolute Gasteiger partial charge is 0.384 e. The third-order valence-corrected chi connectivity index (χ3v) is 3.82. The minimum absolute atomic E-state index is 0.123. The number of aromatic nitrogens is 1. The van der Waals surface area contributed by atoms with Gasteiger partial charge in [-0.25, -0.2) is 0 Å². The molecular formula is C17H28N4O2. The first-order chi connectivity index (χ1) is 11.1. The van der Waals surface area contributed by atoms with Crippen molar-refractivity contribution in [2.75, 3.05) is 38.0 Å². The Hall–Kier alpha value is -1.66. The summed E-state index contributed by atoms with van der Waals surface area (Å²) in [7, 11) is 0. The van der Waals surface area contributed by atoms with Gasteiger partial charge in [-0.1, -0.05) is 0 Å². The normalized spacial score (nSPS) is 21.8. The molecule has 1 aromatic heterocycles. The van der Waals surface area contributed by atoms with Crippen molar-refractivity contribution < 1.29 is 9.53 Å². The van der Waals surface area contributed by atoms with Gasteiger partial charge in [-0.05, 0) is 32.4 Å². The van der Waals surface area contributed by atoms with Crippen LogP contribution in [0.25, 0.3) is 0 Å². The number of morpholine rings is 1. The highest BCUT2D eigenvalue weighted by molar-refractivity contribution is 5.76. The average Bonchev–Trinajstić information content (AvgIpc) is 2.53. The molecule has 1 aromatic rings. The van der Waals surface area contributed by atoms with Crippen LogP contribution >= 0.6 is 0 Å². The molecule has 0 unspecified atom stereocenters. The molecule has 0 aromatic carbocycles. The minimum Gasteiger partial charge on any atom is -0.384 e. The van der Waals surface area contributed by atoms with Crippen molar-refractivity contribution in [3.8, 4) is 0 Å². The lowest BCUT2D eigenvalue weighted by atomic mass is 10.2. The molecule has 1 aliphatic heterocycles. The molecule has 1 saturated heterocycles. The quantitative estimate of drug-likeness (QED) is 0.711. The summed E-state index contributed by atoms with van der Waals surface area (Å²) in [6.07, 6.45) is 5.49. The molecule has 2 N–H and O–H groups in total. The van der Waals surface area contributed by atoms with Gasteiger partial charge in [0.2, 0.25) is 5.91 Å². The van der Waals surface area contributed by atoms with Gasteiger partial charge in [-0.3, -0.25) is 14.7 Å². The number of rotatable bonds is 8. The molecule has 1 fully saturated rings. The highest BCUT2D eigenvalue weighted by atomic mass is 16.5. The summed E-state index contributed by atoms with van der Waals surface area (Å²) in [6.45, 7) is 8.31. The molecule has 6 heteroatoms. The molecule has 1 amide bonds. The first-order valence-electron chi connectivity index (χ1n) is 8.42. The van der Waals surface area contributed by atoms with Gasteiger partial charge in [0.1, 0.15) is 0 Å². The molecule has 2 atom stereocenters. The van der Waals surface area contributed by atoms with Gasteiger partial charge in [0.25, 0.3) is 0 Å². The summed E-state index contributed by atoms with van der Waals surface area (Å²) < 4.78 is 5.70. The second-order valence-corrected chi connectivity index (χ2v) is 6.14. The number of nitrogens with zero attached hydrogens (tertiary/aromatic N) is 2. The molecule has 0 aliphatic carbocycles. The van der Waals surface area contributed by atoms with Crippen LogP contribution in [0.3, 0.4) is 0 Å². The maximum absolute atomic E-state index is 11.9. The van der Waals surface area contributed by atoms with E-state index in [4.69, 9.17) is 4.74 Å². The third-order valence-electron chi connectivity index (χ3n) is 3.82. The smallest absolute Gasteiger partial charge is 0.221 e. The maximum atomic E-state index is 11.9. The van der Waals surface area contributed by atoms with Gasteiger partial charge in [0.05, 0.1) is 17.9 Å². The van der Waals surface area contributed by atoms with Crippen molar-refractivity contribution >= 4 is 11.6 Å². The number of pyridine rings is 1. The maximum Gasteiger partial charge on any atom is 0.221 e. The van der Waals surface area contributed by atoms with E-state index in [1.54, 1.807) is 12.4 Å². The van der Waals surface area contributed by atoms with Crippen molar-refractivity contribution in [2.45, 2.75) is 38.9 Å². The first-order valence-corrected chi connectivity index (χ1v) is 8.42. The Labute approximate surface area is 138 Å². The predicted octanol–water partition coefficient (Wildman–Crippen LogP) is 1.50. The van der Waals surface area contributed by atoms with Crippen molar-refractivity contribution in [2.24, 2.45) is 0 Å². The molecule has 0 saturated carbocycles. The van der Waals surface area contributed by atoms with Gasteiger partial charge in [0, 0.05) is 51.5 Å². The number of hydrogen-bond acceptors (Lipinski definition) is 5. The van der Waals surface area contributed by atoms with Gasteiger partial charge < -0.3 is 15.4 Å². The van der Waals surface area contributed by atoms with E-state index in [0.29, 0.717) is 13.0 Å². The molecule has 0 radical (unpaired) electrons. The fourth-order valence-electron chi connectivity index (χ4n) is 2.83. The Bertz CT molecular complexity index is 459. The van der Waals surface area contributed by atoms with Gasteiger partial charge in [-0.15, -0.1) is 0 Å². The zero-order valence-electron chi connectivity index (χ0n) is 14.1. The minimum atomic E-state index is 0.123. The number of hydrogen-bond donors (Lipinski definition) is 2. The van der Waals surface area contributed by atoms with E-state index in [0.717, 1.165) is 38.3 Å². The fourth-order valence-corrected chi connectivity index (χ4v) is 2.83. The summed E-state index contributed by atoms with van der Waals surface area (Å²) in [5.74, 6) is 0.123. The van der Waals surface area contributed by atoms with E-state index in [1.807, 2.05) is 12.1 Å². The second kappa shape index (κ2) is 9.47. The SMILES string of the molecule is C[C@@H]1CN(CCC(=O)NCCCNc2cccnc2)C[C@H](C)O1. The zero-order chi connectivity index (χ0) is 16.5. The van der Waals surface area contributed by atoms with E-state index in [-0.39, 0.29) is 18.1 Å². The van der Waals surface area contributed by atoms with Crippen LogP contribution in [0, 0.1) is 0 Å². The Morgan fingerprint density at radius 2 is 2.13 bits per heavy atom. The molecule has 6 nitrogen and oxygen atoms in total. The monoisotopic (exact) mass is 320 g/mol. The lowest BCUT2D eigenvalue weighted by Crippen LogP contribution is -2.46. The Morgan fingerprint density at radius 3 is 2.83 bits per heavy atom. The Balaban J connectivity index is 1.51. The van der Waals surface area contributed by atoms with Crippen molar-refractivity contribution in [3.05, 3.63) is 24.5 Å². The van der Waals surface area contributed by atoms with E-state index >= 15 is 0 Å². The van der Waals surface area contributed by atoms with E-state index in [9.17, 15) is 4.79 Å². The summed E-state index contributed by atoms with van der Waals surface area (Å²) in [4.78, 5) is 18.2. The van der Waals surface area contributed by atoms with Gasteiger partial charge >= 0.3 is 0 Å². The van der Waals surface area contributed by atoms with Crippen LogP contribution in [-0.2, 0) is 9.53 Å². The van der Waals surface area contributed by atoms with Gasteiger partial charge in [0.15, 0.2) is 0 Å². The summed E-state index contributed by atoms with van der Waals surface area (Å²) in [5, 5.41) is 6.25. The van der Waals surface area contributed by atoms with Crippen LogP contribution in [0.1, 0.15) is 26.7 Å². The van der Waals surface area contributed by atoms with Crippen LogP contribution < -0.4 is 10.6 Å². The van der Waals surface area contributed by atoms with Crippen molar-refractivity contribution in [3.63, 3.8) is 0 Å². The van der Waals surface area contributed by atoms with Crippen LogP contribution in [0.15, 0.2) is 24.5 Å². The molecule has 1 aliphatic rings. The molecule has 23 heavy (non-hydrogen) atoms. The zero-order valence-corrected chi connectivity index (χ0v) is 14.1. The Kier molecular flexibility index (Phi) is 7.29. The number of nitrogens with one attached hydrogen (secondary N) is 2. The van der Waals surface area contributed by atoms with Crippen LogP contribution in [-0.4, -0.2) is 60.7 Å². The van der Waals surface area contributed by atoms with Crippen molar-refractivity contribution in [1.82, 2.24) is 15.2 Å². The van der Waals surface area contributed by atoms with E-state index < -0.39 is 0 Å². The first kappa shape index (κ1) is 17.7. The number of anilines is 1. The second-order valence-electron chi connectivity index (χ2n) is 6.14. The number of amides is 1. The van der Waals surface area contributed by atoms with Crippen LogP contribution in [0.4, 0.5) is 5.69 Å². The van der Waals surface area contributed by atoms with Crippen LogP contribution in [0.2, 0.25) is 0 Å². The summed E-state index contributed by atoms with van der Waals surface area (Å²) in [5.41, 5.74) is 1.01. The average molecular weight is 320 g/mol. The molecule has 0 bridgehead atoms. The van der Waals surface area contributed by atoms with Crippen molar-refractivity contribution in [1.29, 1.82) is 0 Å². The number of carbonyl (C=O) groups excluding carboxylic acids is 1. The summed E-state index contributed by atoms with van der Waals surface area (Å²) in [6, 6.07) is 3.88. The molecule has 2 rings (SSSR count). The third kappa shape index (κ3) is 6.97. The Morgan fingerprint density at radius 1 is 1.35 bits per heavy atom. The number of ether oxygens (including phenoxy) is 1. The lowest BCUT2D eigenvalue weighted by Gasteiger charge is -2.35. The van der Waals surface area contributed by atoms with Crippen LogP contribution in [0.5, 0.6) is 0 Å². The lowest BCUT2D eigenvalue weighted by molar-refractivity contribution is -0.122. The number of carbonyl (C=O) groups is 1.